The third-order valence-corrected chi connectivity index (χ3v) is 4.41. The van der Waals surface area contributed by atoms with Gasteiger partial charge in [0.1, 0.15) is 11.8 Å². The van der Waals surface area contributed by atoms with Gasteiger partial charge in [0.2, 0.25) is 5.91 Å². The van der Waals surface area contributed by atoms with Crippen LogP contribution in [0.3, 0.4) is 0 Å². The van der Waals surface area contributed by atoms with E-state index in [-0.39, 0.29) is 18.4 Å². The largest absolute Gasteiger partial charge is 0.482 e. The Morgan fingerprint density at radius 2 is 1.78 bits per heavy atom. The van der Waals surface area contributed by atoms with Crippen molar-refractivity contribution in [2.45, 2.75) is 32.9 Å². The first-order chi connectivity index (χ1) is 13.0. The van der Waals surface area contributed by atoms with Gasteiger partial charge in [-0.25, -0.2) is 0 Å². The summed E-state index contributed by atoms with van der Waals surface area (Å²) in [5, 5.41) is 3.28. The van der Waals surface area contributed by atoms with E-state index >= 15 is 0 Å². The summed E-state index contributed by atoms with van der Waals surface area (Å²) in [5.74, 6) is -0.0212. The highest BCUT2D eigenvalue weighted by atomic mass is 35.5. The molecule has 0 aliphatic carbocycles. The van der Waals surface area contributed by atoms with Crippen molar-refractivity contribution in [1.29, 1.82) is 0 Å². The van der Waals surface area contributed by atoms with E-state index in [9.17, 15) is 9.59 Å². The number of ether oxygens (including phenoxy) is 1. The molecule has 0 heterocycles. The van der Waals surface area contributed by atoms with Crippen LogP contribution in [-0.2, 0) is 16.1 Å². The highest BCUT2D eigenvalue weighted by Crippen LogP contribution is 2.23. The fraction of sp³-hybridized carbons (Fsp3) is 0.333. The maximum absolute atomic E-state index is 12.8. The lowest BCUT2D eigenvalue weighted by Gasteiger charge is -2.28. The van der Waals surface area contributed by atoms with E-state index in [0.29, 0.717) is 23.9 Å². The molecule has 1 N–H and O–H groups in total. The molecule has 1 atom stereocenters. The number of halogens is 1. The zero-order valence-corrected chi connectivity index (χ0v) is 16.4. The summed E-state index contributed by atoms with van der Waals surface area (Å²) in [5.41, 5.74) is 0.943. The van der Waals surface area contributed by atoms with Crippen LogP contribution in [0.4, 0.5) is 0 Å². The molecule has 5 nitrogen and oxygen atoms in total. The Labute approximate surface area is 165 Å². The highest BCUT2D eigenvalue weighted by molar-refractivity contribution is 6.32. The summed E-state index contributed by atoms with van der Waals surface area (Å²) >= 11 is 6.07. The zero-order chi connectivity index (χ0) is 19.6. The van der Waals surface area contributed by atoms with Crippen LogP contribution in [0.15, 0.2) is 54.6 Å². The second-order valence-electron chi connectivity index (χ2n) is 6.19. The molecule has 2 aromatic carbocycles. The monoisotopic (exact) mass is 388 g/mol. The Bertz CT molecular complexity index is 752. The van der Waals surface area contributed by atoms with Gasteiger partial charge in [-0.1, -0.05) is 61.0 Å². The Balaban J connectivity index is 2.11. The minimum absolute atomic E-state index is 0.182. The molecule has 27 heavy (non-hydrogen) atoms. The fourth-order valence-corrected chi connectivity index (χ4v) is 2.73. The van der Waals surface area contributed by atoms with Gasteiger partial charge in [0, 0.05) is 13.1 Å². The van der Waals surface area contributed by atoms with Crippen LogP contribution < -0.4 is 10.1 Å². The van der Waals surface area contributed by atoms with Crippen molar-refractivity contribution in [2.75, 3.05) is 13.2 Å². The first-order valence-electron chi connectivity index (χ1n) is 9.01. The number of rotatable bonds is 9. The third kappa shape index (κ3) is 6.29. The summed E-state index contributed by atoms with van der Waals surface area (Å²) in [6.07, 6.45) is 0.834. The number of hydrogen-bond acceptors (Lipinski definition) is 3. The molecular formula is C21H25ClN2O3. The number of amides is 2. The molecule has 2 rings (SSSR count). The number of carbonyl (C=O) groups is 2. The quantitative estimate of drug-likeness (QED) is 0.713. The van der Waals surface area contributed by atoms with Crippen LogP contribution in [0.25, 0.3) is 0 Å². The van der Waals surface area contributed by atoms with Crippen molar-refractivity contribution < 1.29 is 14.3 Å². The number of carbonyl (C=O) groups excluding carboxylic acids is 2. The molecule has 0 radical (unpaired) electrons. The summed E-state index contributed by atoms with van der Waals surface area (Å²) in [4.78, 5) is 26.8. The van der Waals surface area contributed by atoms with Crippen molar-refractivity contribution >= 4 is 23.4 Å². The third-order valence-electron chi connectivity index (χ3n) is 4.10. The molecule has 0 aliphatic rings. The second-order valence-corrected chi connectivity index (χ2v) is 6.60. The van der Waals surface area contributed by atoms with E-state index in [4.69, 9.17) is 16.3 Å². The standard InChI is InChI=1S/C21H25ClN2O3/c1-3-13-23-21(26)16(2)24(14-17-9-5-4-6-10-17)20(25)15-27-19-12-8-7-11-18(19)22/h4-12,16H,3,13-15H2,1-2H3,(H,23,26)/t16-/m1/s1. The molecule has 0 saturated heterocycles. The second kappa shape index (κ2) is 10.6. The Kier molecular flexibility index (Phi) is 8.14. The molecular weight excluding hydrogens is 364 g/mol. The average Bonchev–Trinajstić information content (AvgIpc) is 2.69. The molecule has 144 valence electrons. The number of para-hydroxylation sites is 1. The van der Waals surface area contributed by atoms with Gasteiger partial charge in [0.15, 0.2) is 6.61 Å². The fourth-order valence-electron chi connectivity index (χ4n) is 2.54. The van der Waals surface area contributed by atoms with Gasteiger partial charge in [-0.2, -0.15) is 0 Å². The lowest BCUT2D eigenvalue weighted by molar-refractivity contribution is -0.142. The van der Waals surface area contributed by atoms with E-state index < -0.39 is 6.04 Å². The lowest BCUT2D eigenvalue weighted by atomic mass is 10.1. The van der Waals surface area contributed by atoms with Crippen LogP contribution in [0.5, 0.6) is 5.75 Å². The number of benzene rings is 2. The average molecular weight is 389 g/mol. The van der Waals surface area contributed by atoms with E-state index in [1.54, 1.807) is 31.2 Å². The molecule has 0 aliphatic heterocycles. The van der Waals surface area contributed by atoms with Crippen LogP contribution in [0.2, 0.25) is 5.02 Å². The molecule has 0 bridgehead atoms. The minimum Gasteiger partial charge on any atom is -0.482 e. The molecule has 2 aromatic rings. The van der Waals surface area contributed by atoms with Gasteiger partial charge in [0.05, 0.1) is 5.02 Å². The SMILES string of the molecule is CCCNC(=O)[C@@H](C)N(Cc1ccccc1)C(=O)COc1ccccc1Cl. The van der Waals surface area contributed by atoms with Crippen molar-refractivity contribution in [3.8, 4) is 5.75 Å². The van der Waals surface area contributed by atoms with E-state index in [2.05, 4.69) is 5.32 Å². The van der Waals surface area contributed by atoms with Gasteiger partial charge in [-0.3, -0.25) is 9.59 Å². The molecule has 0 spiro atoms. The molecule has 0 unspecified atom stereocenters. The summed E-state index contributed by atoms with van der Waals surface area (Å²) in [6.45, 7) is 4.41. The summed E-state index contributed by atoms with van der Waals surface area (Å²) in [7, 11) is 0. The molecule has 0 saturated carbocycles. The number of nitrogens with one attached hydrogen (secondary N) is 1. The molecule has 0 aromatic heterocycles. The Morgan fingerprint density at radius 1 is 1.11 bits per heavy atom. The van der Waals surface area contributed by atoms with Gasteiger partial charge in [-0.05, 0) is 31.0 Å². The first-order valence-corrected chi connectivity index (χ1v) is 9.39. The van der Waals surface area contributed by atoms with E-state index in [1.807, 2.05) is 37.3 Å². The van der Waals surface area contributed by atoms with Crippen LogP contribution >= 0.6 is 11.6 Å². The van der Waals surface area contributed by atoms with Crippen LogP contribution in [-0.4, -0.2) is 35.9 Å². The topological polar surface area (TPSA) is 58.6 Å². The Hall–Kier alpha value is -2.53. The summed E-state index contributed by atoms with van der Waals surface area (Å²) in [6, 6.07) is 15.9. The van der Waals surface area contributed by atoms with Crippen LogP contribution in [0, 0.1) is 0 Å². The number of hydrogen-bond donors (Lipinski definition) is 1. The van der Waals surface area contributed by atoms with E-state index in [1.165, 1.54) is 4.90 Å². The van der Waals surface area contributed by atoms with Crippen molar-refractivity contribution in [2.24, 2.45) is 0 Å². The van der Waals surface area contributed by atoms with E-state index in [0.717, 1.165) is 12.0 Å². The Morgan fingerprint density at radius 3 is 2.44 bits per heavy atom. The predicted molar refractivity (Wildman–Crippen MR) is 107 cm³/mol. The van der Waals surface area contributed by atoms with Gasteiger partial charge >= 0.3 is 0 Å². The molecule has 2 amide bonds. The van der Waals surface area contributed by atoms with Crippen LogP contribution in [0.1, 0.15) is 25.8 Å². The first kappa shape index (κ1) is 20.8. The maximum Gasteiger partial charge on any atom is 0.261 e. The van der Waals surface area contributed by atoms with Gasteiger partial charge in [0.25, 0.3) is 5.91 Å². The normalized spacial score (nSPS) is 11.5. The van der Waals surface area contributed by atoms with Gasteiger partial charge < -0.3 is 15.0 Å². The zero-order valence-electron chi connectivity index (χ0n) is 15.7. The highest BCUT2D eigenvalue weighted by Gasteiger charge is 2.26. The predicted octanol–water partition coefficient (Wildman–Crippen LogP) is 3.66. The van der Waals surface area contributed by atoms with Crippen molar-refractivity contribution in [3.63, 3.8) is 0 Å². The maximum atomic E-state index is 12.8. The summed E-state index contributed by atoms with van der Waals surface area (Å²) < 4.78 is 5.57. The van der Waals surface area contributed by atoms with Crippen molar-refractivity contribution in [1.82, 2.24) is 10.2 Å². The van der Waals surface area contributed by atoms with Gasteiger partial charge in [-0.15, -0.1) is 0 Å². The number of nitrogens with zero attached hydrogens (tertiary/aromatic N) is 1. The minimum atomic E-state index is -0.612. The lowest BCUT2D eigenvalue weighted by Crippen LogP contribution is -2.49. The molecule has 6 heteroatoms. The van der Waals surface area contributed by atoms with Crippen molar-refractivity contribution in [3.05, 3.63) is 65.2 Å². The smallest absolute Gasteiger partial charge is 0.261 e. The molecule has 0 fully saturated rings.